The number of nitriles is 1. The fraction of sp³-hybridized carbons (Fsp3) is 0. The molecule has 0 fully saturated rings. The number of rotatable bonds is 4. The Morgan fingerprint density at radius 1 is 0.926 bits per heavy atom. The molecule has 0 aliphatic rings. The highest BCUT2D eigenvalue weighted by Gasteiger charge is 2.12. The number of hydrogen-bond donors (Lipinski definition) is 1. The van der Waals surface area contributed by atoms with Gasteiger partial charge in [-0.05, 0) is 47.2 Å². The Balaban J connectivity index is 1.60. The highest BCUT2D eigenvalue weighted by atomic mass is 16.1. The van der Waals surface area contributed by atoms with E-state index in [-0.39, 0.29) is 5.78 Å². The van der Waals surface area contributed by atoms with Crippen LogP contribution in [-0.2, 0) is 0 Å². The number of hydrogen-bond acceptors (Lipinski definition) is 5. The molecule has 0 bridgehead atoms. The number of anilines is 2. The minimum Gasteiger partial charge on any atom is -0.324 e. The smallest absolute Gasteiger partial charge is 0.227 e. The van der Waals surface area contributed by atoms with Crippen LogP contribution in [0.2, 0.25) is 0 Å². The maximum absolute atomic E-state index is 12.8. The molecule has 5 heteroatoms. The van der Waals surface area contributed by atoms with Gasteiger partial charge in [0.25, 0.3) is 0 Å². The summed E-state index contributed by atoms with van der Waals surface area (Å²) in [5.41, 5.74) is 2.21. The Labute approximate surface area is 156 Å². The van der Waals surface area contributed by atoms with E-state index >= 15 is 0 Å². The highest BCUT2D eigenvalue weighted by molar-refractivity contribution is 6.09. The molecular weight excluding hydrogens is 336 g/mol. The maximum Gasteiger partial charge on any atom is 0.227 e. The van der Waals surface area contributed by atoms with Crippen LogP contribution in [0.25, 0.3) is 10.8 Å². The lowest BCUT2D eigenvalue weighted by Crippen LogP contribution is -2.07. The lowest BCUT2D eigenvalue weighted by molar-refractivity contribution is 0.103. The molecule has 3 aromatic carbocycles. The molecule has 128 valence electrons. The summed E-state index contributed by atoms with van der Waals surface area (Å²) in [4.78, 5) is 21.3. The van der Waals surface area contributed by atoms with Crippen molar-refractivity contribution in [3.05, 3.63) is 95.8 Å². The third-order valence-electron chi connectivity index (χ3n) is 4.17. The maximum atomic E-state index is 12.8. The van der Waals surface area contributed by atoms with E-state index in [0.717, 1.165) is 16.5 Å². The van der Waals surface area contributed by atoms with Crippen LogP contribution < -0.4 is 5.32 Å². The number of fused-ring (bicyclic) bond motifs is 1. The zero-order valence-corrected chi connectivity index (χ0v) is 14.3. The normalized spacial score (nSPS) is 10.3. The summed E-state index contributed by atoms with van der Waals surface area (Å²) in [5, 5.41) is 14.0. The molecule has 0 unspecified atom stereocenters. The molecule has 0 amide bonds. The van der Waals surface area contributed by atoms with Gasteiger partial charge in [0.1, 0.15) is 5.69 Å². The number of carbonyl (C=O) groups excluding carboxylic acids is 1. The zero-order valence-electron chi connectivity index (χ0n) is 14.3. The van der Waals surface area contributed by atoms with Crippen LogP contribution in [0.4, 0.5) is 11.6 Å². The highest BCUT2D eigenvalue weighted by Crippen LogP contribution is 2.19. The molecule has 5 nitrogen and oxygen atoms in total. The first-order valence-corrected chi connectivity index (χ1v) is 8.37. The van der Waals surface area contributed by atoms with Crippen LogP contribution >= 0.6 is 0 Å². The molecule has 27 heavy (non-hydrogen) atoms. The largest absolute Gasteiger partial charge is 0.324 e. The summed E-state index contributed by atoms with van der Waals surface area (Å²) < 4.78 is 0. The van der Waals surface area contributed by atoms with Gasteiger partial charge >= 0.3 is 0 Å². The zero-order chi connectivity index (χ0) is 18.6. The second kappa shape index (κ2) is 7.06. The summed E-state index contributed by atoms with van der Waals surface area (Å²) in [6.07, 6.45) is 1.55. The van der Waals surface area contributed by atoms with Crippen molar-refractivity contribution in [2.45, 2.75) is 0 Å². The van der Waals surface area contributed by atoms with Gasteiger partial charge in [-0.1, -0.05) is 36.4 Å². The van der Waals surface area contributed by atoms with E-state index in [0.29, 0.717) is 22.8 Å². The third-order valence-corrected chi connectivity index (χ3v) is 4.17. The SMILES string of the molecule is N#Cc1ccc(Nc2nccc(C(=O)c3ccc4ccccc4c3)n2)cc1. The van der Waals surface area contributed by atoms with Crippen molar-refractivity contribution in [1.29, 1.82) is 5.26 Å². The molecule has 0 aliphatic carbocycles. The first kappa shape index (κ1) is 16.4. The van der Waals surface area contributed by atoms with Crippen LogP contribution in [0.3, 0.4) is 0 Å². The quantitative estimate of drug-likeness (QED) is 0.549. The van der Waals surface area contributed by atoms with Crippen molar-refractivity contribution >= 4 is 28.2 Å². The molecule has 0 saturated carbocycles. The van der Waals surface area contributed by atoms with E-state index < -0.39 is 0 Å². The number of nitrogens with one attached hydrogen (secondary N) is 1. The Bertz CT molecular complexity index is 1180. The molecule has 0 atom stereocenters. The molecule has 0 spiro atoms. The van der Waals surface area contributed by atoms with Gasteiger partial charge in [0.05, 0.1) is 11.6 Å². The summed E-state index contributed by atoms with van der Waals surface area (Å²) in [5.74, 6) is 0.164. The van der Waals surface area contributed by atoms with E-state index in [9.17, 15) is 4.79 Å². The van der Waals surface area contributed by atoms with Gasteiger partial charge in [-0.25, -0.2) is 9.97 Å². The van der Waals surface area contributed by atoms with E-state index in [1.54, 1.807) is 42.6 Å². The summed E-state index contributed by atoms with van der Waals surface area (Å²) in [6, 6.07) is 24.1. The van der Waals surface area contributed by atoms with Crippen LogP contribution in [0.5, 0.6) is 0 Å². The number of benzene rings is 3. The first-order valence-electron chi connectivity index (χ1n) is 8.37. The number of aromatic nitrogens is 2. The topological polar surface area (TPSA) is 78.7 Å². The lowest BCUT2D eigenvalue weighted by Gasteiger charge is -2.07. The summed E-state index contributed by atoms with van der Waals surface area (Å²) in [7, 11) is 0. The Morgan fingerprint density at radius 3 is 2.48 bits per heavy atom. The first-order chi connectivity index (χ1) is 13.2. The van der Waals surface area contributed by atoms with E-state index in [2.05, 4.69) is 21.4 Å². The molecule has 1 heterocycles. The van der Waals surface area contributed by atoms with Crippen molar-refractivity contribution in [3.63, 3.8) is 0 Å². The average Bonchev–Trinajstić information content (AvgIpc) is 2.73. The van der Waals surface area contributed by atoms with Crippen molar-refractivity contribution in [2.24, 2.45) is 0 Å². The minimum atomic E-state index is -0.161. The van der Waals surface area contributed by atoms with Gasteiger partial charge < -0.3 is 5.32 Å². The van der Waals surface area contributed by atoms with E-state index in [4.69, 9.17) is 5.26 Å². The molecule has 4 rings (SSSR count). The standard InChI is InChI=1S/C22H14N4O/c23-14-15-5-9-19(10-6-15)25-22-24-12-11-20(26-22)21(27)18-8-7-16-3-1-2-4-17(16)13-18/h1-13H,(H,24,25,26). The third kappa shape index (κ3) is 3.51. The van der Waals surface area contributed by atoms with Gasteiger partial charge in [-0.3, -0.25) is 4.79 Å². The Hall–Kier alpha value is -4.04. The van der Waals surface area contributed by atoms with Crippen molar-refractivity contribution in [3.8, 4) is 6.07 Å². The minimum absolute atomic E-state index is 0.161. The Morgan fingerprint density at radius 2 is 1.70 bits per heavy atom. The van der Waals surface area contributed by atoms with E-state index in [1.165, 1.54) is 0 Å². The van der Waals surface area contributed by atoms with Crippen LogP contribution in [-0.4, -0.2) is 15.8 Å². The van der Waals surface area contributed by atoms with Gasteiger partial charge in [0.2, 0.25) is 11.7 Å². The van der Waals surface area contributed by atoms with Crippen molar-refractivity contribution in [1.82, 2.24) is 9.97 Å². The molecular formula is C22H14N4O. The second-order valence-corrected chi connectivity index (χ2v) is 5.97. The molecule has 0 aliphatic heterocycles. The van der Waals surface area contributed by atoms with Gasteiger partial charge in [-0.2, -0.15) is 5.26 Å². The van der Waals surface area contributed by atoms with Gasteiger partial charge in [0.15, 0.2) is 0 Å². The fourth-order valence-corrected chi connectivity index (χ4v) is 2.78. The molecule has 0 radical (unpaired) electrons. The predicted octanol–water partition coefficient (Wildman–Crippen LogP) is 4.48. The van der Waals surface area contributed by atoms with Crippen molar-refractivity contribution < 1.29 is 4.79 Å². The summed E-state index contributed by atoms with van der Waals surface area (Å²) in [6.45, 7) is 0. The average molecular weight is 350 g/mol. The molecule has 1 N–H and O–H groups in total. The second-order valence-electron chi connectivity index (χ2n) is 5.97. The van der Waals surface area contributed by atoms with Crippen LogP contribution in [0.1, 0.15) is 21.6 Å². The van der Waals surface area contributed by atoms with Gasteiger partial charge in [-0.15, -0.1) is 0 Å². The number of carbonyl (C=O) groups is 1. The molecule has 4 aromatic rings. The van der Waals surface area contributed by atoms with E-state index in [1.807, 2.05) is 36.4 Å². The van der Waals surface area contributed by atoms with Crippen LogP contribution in [0.15, 0.2) is 79.0 Å². The lowest BCUT2D eigenvalue weighted by atomic mass is 10.0. The van der Waals surface area contributed by atoms with Crippen molar-refractivity contribution in [2.75, 3.05) is 5.32 Å². The fourth-order valence-electron chi connectivity index (χ4n) is 2.78. The molecule has 0 saturated heterocycles. The predicted molar refractivity (Wildman–Crippen MR) is 104 cm³/mol. The monoisotopic (exact) mass is 350 g/mol. The van der Waals surface area contributed by atoms with Gasteiger partial charge in [0, 0.05) is 17.4 Å². The molecule has 1 aromatic heterocycles. The Kier molecular flexibility index (Phi) is 4.30. The number of nitrogens with zero attached hydrogens (tertiary/aromatic N) is 3. The summed E-state index contributed by atoms with van der Waals surface area (Å²) >= 11 is 0. The number of ketones is 1. The van der Waals surface area contributed by atoms with Crippen LogP contribution in [0, 0.1) is 11.3 Å².